The van der Waals surface area contributed by atoms with Crippen LogP contribution in [0.3, 0.4) is 0 Å². The number of thioether (sulfide) groups is 1. The van der Waals surface area contributed by atoms with Crippen molar-refractivity contribution < 1.29 is 14.6 Å². The lowest BCUT2D eigenvalue weighted by molar-refractivity contribution is -0.121. The van der Waals surface area contributed by atoms with Crippen LogP contribution in [0.5, 0.6) is 11.5 Å². The Morgan fingerprint density at radius 2 is 2.23 bits per heavy atom. The smallest absolute Gasteiger partial charge is 0.267 e. The molecule has 134 valence electrons. The number of amidine groups is 1. The van der Waals surface area contributed by atoms with Crippen molar-refractivity contribution in [2.45, 2.75) is 6.92 Å². The van der Waals surface area contributed by atoms with Crippen LogP contribution in [0.4, 0.5) is 5.13 Å². The van der Waals surface area contributed by atoms with Crippen LogP contribution in [0, 0.1) is 6.92 Å². The maximum Gasteiger partial charge on any atom is 0.267 e. The van der Waals surface area contributed by atoms with Gasteiger partial charge < -0.3 is 9.84 Å². The van der Waals surface area contributed by atoms with Gasteiger partial charge in [-0.1, -0.05) is 23.5 Å². The lowest BCUT2D eigenvalue weighted by Gasteiger charge is -2.11. The van der Waals surface area contributed by atoms with Crippen molar-refractivity contribution in [3.63, 3.8) is 0 Å². The molecule has 1 aromatic carbocycles. The molecule has 0 saturated carbocycles. The molecule has 0 radical (unpaired) electrons. The number of nitrogens with zero attached hydrogens (tertiary/aromatic N) is 4. The third-order valence-electron chi connectivity index (χ3n) is 3.41. The number of aliphatic imine (C=N–C) groups is 1. The van der Waals surface area contributed by atoms with E-state index in [2.05, 4.69) is 21.8 Å². The van der Waals surface area contributed by atoms with Gasteiger partial charge >= 0.3 is 0 Å². The molecule has 0 unspecified atom stereocenters. The van der Waals surface area contributed by atoms with E-state index in [-0.39, 0.29) is 11.7 Å². The Morgan fingerprint density at radius 1 is 1.42 bits per heavy atom. The molecule has 7 nitrogen and oxygen atoms in total. The lowest BCUT2D eigenvalue weighted by Crippen LogP contribution is -2.29. The van der Waals surface area contributed by atoms with Crippen LogP contribution in [0.1, 0.15) is 10.6 Å². The number of hydrogen-bond donors (Lipinski definition) is 1. The summed E-state index contributed by atoms with van der Waals surface area (Å²) in [5, 5.41) is 19.5. The maximum atomic E-state index is 12.7. The van der Waals surface area contributed by atoms with Gasteiger partial charge in [0.15, 0.2) is 16.7 Å². The number of phenolic OH excluding ortho intramolecular Hbond substituents is 1. The lowest BCUT2D eigenvalue weighted by atomic mass is 10.2. The van der Waals surface area contributed by atoms with Crippen molar-refractivity contribution in [2.24, 2.45) is 4.99 Å². The average molecular weight is 388 g/mol. The van der Waals surface area contributed by atoms with Gasteiger partial charge in [-0.3, -0.25) is 9.69 Å². The summed E-state index contributed by atoms with van der Waals surface area (Å²) >= 11 is 2.62. The number of rotatable bonds is 5. The monoisotopic (exact) mass is 388 g/mol. The minimum Gasteiger partial charge on any atom is -0.504 e. The Balaban J connectivity index is 1.95. The van der Waals surface area contributed by atoms with Gasteiger partial charge in [0.25, 0.3) is 5.91 Å². The highest BCUT2D eigenvalue weighted by Crippen LogP contribution is 2.35. The summed E-state index contributed by atoms with van der Waals surface area (Å²) in [4.78, 5) is 19.2. The first kappa shape index (κ1) is 18.2. The summed E-state index contributed by atoms with van der Waals surface area (Å²) in [6.07, 6.45) is 3.38. The molecule has 9 heteroatoms. The zero-order valence-electron chi connectivity index (χ0n) is 14.2. The van der Waals surface area contributed by atoms with Crippen LogP contribution in [-0.2, 0) is 4.79 Å². The highest BCUT2D eigenvalue weighted by atomic mass is 32.2. The average Bonchev–Trinajstić information content (AvgIpc) is 3.15. The van der Waals surface area contributed by atoms with E-state index in [0.717, 1.165) is 10.6 Å². The molecular weight excluding hydrogens is 372 g/mol. The minimum atomic E-state index is -0.165. The number of aryl methyl sites for hydroxylation is 1. The second kappa shape index (κ2) is 7.71. The van der Waals surface area contributed by atoms with Crippen LogP contribution >= 0.6 is 23.1 Å². The topological polar surface area (TPSA) is 87.9 Å². The molecule has 26 heavy (non-hydrogen) atoms. The predicted octanol–water partition coefficient (Wildman–Crippen LogP) is 3.35. The Bertz CT molecular complexity index is 920. The molecule has 0 spiro atoms. The molecule has 2 aromatic rings. The summed E-state index contributed by atoms with van der Waals surface area (Å²) in [6, 6.07) is 4.90. The Morgan fingerprint density at radius 3 is 2.88 bits per heavy atom. The summed E-state index contributed by atoms with van der Waals surface area (Å²) in [6.45, 7) is 5.89. The van der Waals surface area contributed by atoms with E-state index in [9.17, 15) is 9.90 Å². The third kappa shape index (κ3) is 3.78. The zero-order chi connectivity index (χ0) is 18.7. The van der Waals surface area contributed by atoms with E-state index in [4.69, 9.17) is 4.74 Å². The van der Waals surface area contributed by atoms with E-state index >= 15 is 0 Å². The second-order valence-electron chi connectivity index (χ2n) is 5.24. The van der Waals surface area contributed by atoms with Crippen LogP contribution in [0.15, 0.2) is 40.8 Å². The number of hydrogen-bond acceptors (Lipinski definition) is 8. The summed E-state index contributed by atoms with van der Waals surface area (Å²) in [5.74, 6) is 0.222. The number of carbonyl (C=O) groups excluding carboxylic acids is 1. The quantitative estimate of drug-likeness (QED) is 0.624. The normalized spacial score (nSPS) is 17.3. The Kier molecular flexibility index (Phi) is 5.38. The molecule has 1 N–H and O–H groups in total. The standard InChI is InChI=1S/C17H16N4O3S2/c1-4-7-21-15(23)14(9-11-5-6-12(22)13(8-11)24-3)26-17(21)18-16-20-19-10(2)25-16/h4-6,8-9,22H,1,7H2,2-3H3/b14-9+,18-17?. The SMILES string of the molecule is C=CCN1C(=O)/C(=C\c2ccc(O)c(OC)c2)SC1=Nc1nnc(C)s1. The van der Waals surface area contributed by atoms with Gasteiger partial charge in [-0.2, -0.15) is 4.99 Å². The number of amides is 1. The molecule has 1 aromatic heterocycles. The molecule has 1 amide bonds. The highest BCUT2D eigenvalue weighted by Gasteiger charge is 2.33. The van der Waals surface area contributed by atoms with E-state index in [1.807, 2.05) is 6.92 Å². The van der Waals surface area contributed by atoms with E-state index in [1.54, 1.807) is 24.3 Å². The number of benzene rings is 1. The molecule has 1 aliphatic rings. The summed E-state index contributed by atoms with van der Waals surface area (Å²) < 4.78 is 5.11. The van der Waals surface area contributed by atoms with Crippen molar-refractivity contribution in [1.82, 2.24) is 15.1 Å². The highest BCUT2D eigenvalue weighted by molar-refractivity contribution is 8.18. The number of carbonyl (C=O) groups is 1. The molecule has 1 fully saturated rings. The second-order valence-corrected chi connectivity index (χ2v) is 7.41. The van der Waals surface area contributed by atoms with Gasteiger partial charge in [-0.05, 0) is 42.5 Å². The first-order valence-corrected chi connectivity index (χ1v) is 9.23. The summed E-state index contributed by atoms with van der Waals surface area (Å²) in [7, 11) is 1.47. The molecule has 0 bridgehead atoms. The van der Waals surface area contributed by atoms with Crippen molar-refractivity contribution in [3.8, 4) is 11.5 Å². The van der Waals surface area contributed by atoms with E-state index in [0.29, 0.717) is 27.5 Å². The molecule has 2 heterocycles. The van der Waals surface area contributed by atoms with Crippen molar-refractivity contribution in [3.05, 3.63) is 46.3 Å². The number of aromatic hydroxyl groups is 1. The van der Waals surface area contributed by atoms with Gasteiger partial charge in [-0.15, -0.1) is 16.8 Å². The van der Waals surface area contributed by atoms with Gasteiger partial charge in [0.1, 0.15) is 5.01 Å². The molecular formula is C17H16N4O3S2. The van der Waals surface area contributed by atoms with Crippen LogP contribution in [-0.4, -0.2) is 44.9 Å². The first-order chi connectivity index (χ1) is 12.5. The molecule has 1 saturated heterocycles. The van der Waals surface area contributed by atoms with Crippen LogP contribution in [0.2, 0.25) is 0 Å². The van der Waals surface area contributed by atoms with Gasteiger partial charge in [-0.25, -0.2) is 0 Å². The van der Waals surface area contributed by atoms with Crippen LogP contribution in [0.25, 0.3) is 6.08 Å². The van der Waals surface area contributed by atoms with Crippen molar-refractivity contribution in [1.29, 1.82) is 0 Å². The predicted molar refractivity (Wildman–Crippen MR) is 104 cm³/mol. The van der Waals surface area contributed by atoms with Gasteiger partial charge in [0.2, 0.25) is 5.13 Å². The van der Waals surface area contributed by atoms with Crippen molar-refractivity contribution >= 4 is 45.4 Å². The largest absolute Gasteiger partial charge is 0.504 e. The number of phenols is 1. The van der Waals surface area contributed by atoms with E-state index in [1.165, 1.54) is 41.2 Å². The summed E-state index contributed by atoms with van der Waals surface area (Å²) in [5.41, 5.74) is 0.738. The van der Waals surface area contributed by atoms with E-state index < -0.39 is 0 Å². The third-order valence-corrected chi connectivity index (χ3v) is 5.15. The molecule has 1 aliphatic heterocycles. The molecule has 3 rings (SSSR count). The molecule has 0 atom stereocenters. The number of aromatic nitrogens is 2. The Labute approximate surface area is 158 Å². The molecule has 0 aliphatic carbocycles. The fourth-order valence-corrected chi connectivity index (χ4v) is 3.84. The maximum absolute atomic E-state index is 12.7. The van der Waals surface area contributed by atoms with Crippen molar-refractivity contribution in [2.75, 3.05) is 13.7 Å². The fraction of sp³-hybridized carbons (Fsp3) is 0.176. The minimum absolute atomic E-state index is 0.0437. The van der Waals surface area contributed by atoms with Gasteiger partial charge in [0, 0.05) is 6.54 Å². The Hall–Kier alpha value is -2.65. The zero-order valence-corrected chi connectivity index (χ0v) is 15.8. The van der Waals surface area contributed by atoms with Gasteiger partial charge in [0.05, 0.1) is 12.0 Å². The number of ether oxygens (including phenoxy) is 1. The van der Waals surface area contributed by atoms with Crippen LogP contribution < -0.4 is 4.74 Å². The number of methoxy groups -OCH3 is 1. The fourth-order valence-electron chi connectivity index (χ4n) is 2.23. The first-order valence-electron chi connectivity index (χ1n) is 7.60.